The second-order valence-electron chi connectivity index (χ2n) is 6.53. The van der Waals surface area contributed by atoms with Gasteiger partial charge in [-0.05, 0) is 19.1 Å². The highest BCUT2D eigenvalue weighted by molar-refractivity contribution is 7.49. The summed E-state index contributed by atoms with van der Waals surface area (Å²) in [4.78, 5) is 24.3. The summed E-state index contributed by atoms with van der Waals surface area (Å²) < 4.78 is 48.1. The Labute approximate surface area is 154 Å². The van der Waals surface area contributed by atoms with Gasteiger partial charge in [-0.1, -0.05) is 17.7 Å². The molecule has 1 unspecified atom stereocenters. The standard InChI is InChI=1S/C17H17FNO7P/c1-10-2-4-11(5-3-10)25-27(22)23-9-15-14(26-27)7-17(24-15)19-8-12(18)13(20)6-16(19)21/h2-5,8,14-15,17H,6-7,9H2,1H3/t14-,15+,17+,27?/m0/s1. The molecule has 2 fully saturated rings. The molecule has 0 N–H and O–H groups in total. The largest absolute Gasteiger partial charge is 0.530 e. The Morgan fingerprint density at radius 3 is 2.70 bits per heavy atom. The number of fused-ring (bicyclic) bond motifs is 1. The number of carbonyl (C=O) groups excluding carboxylic acids is 2. The SMILES string of the molecule is Cc1ccc(OP2(=O)OC[C@H]3O[C@@H](N4C=C(F)C(=O)CC4=O)C[C@@H]3O2)cc1. The van der Waals surface area contributed by atoms with Gasteiger partial charge in [-0.25, -0.2) is 8.96 Å². The summed E-state index contributed by atoms with van der Waals surface area (Å²) in [5, 5.41) is 0. The van der Waals surface area contributed by atoms with Crippen LogP contribution in [-0.2, 0) is 27.9 Å². The Morgan fingerprint density at radius 2 is 1.96 bits per heavy atom. The number of amides is 1. The summed E-state index contributed by atoms with van der Waals surface area (Å²) in [6, 6.07) is 6.90. The van der Waals surface area contributed by atoms with Gasteiger partial charge in [0.25, 0.3) is 0 Å². The zero-order chi connectivity index (χ0) is 19.2. The molecule has 1 aromatic rings. The molecule has 2 saturated heterocycles. The number of phosphoric ester groups is 1. The Hall–Kier alpha value is -2.06. The molecule has 1 aromatic carbocycles. The highest BCUT2D eigenvalue weighted by atomic mass is 31.2. The van der Waals surface area contributed by atoms with Gasteiger partial charge in [0.1, 0.15) is 24.2 Å². The first-order valence-corrected chi connectivity index (χ1v) is 9.85. The van der Waals surface area contributed by atoms with E-state index in [0.29, 0.717) is 5.75 Å². The first-order valence-electron chi connectivity index (χ1n) is 8.39. The number of Topliss-reactive ketones (excluding diaryl/α,β-unsaturated/α-hetero) is 1. The summed E-state index contributed by atoms with van der Waals surface area (Å²) >= 11 is 0. The lowest BCUT2D eigenvalue weighted by molar-refractivity contribution is -0.145. The van der Waals surface area contributed by atoms with Crippen LogP contribution in [0.1, 0.15) is 18.4 Å². The average Bonchev–Trinajstić information content (AvgIpc) is 3.02. The van der Waals surface area contributed by atoms with Crippen molar-refractivity contribution in [3.8, 4) is 5.75 Å². The Balaban J connectivity index is 1.45. The maximum Gasteiger partial charge on any atom is 0.530 e. The molecule has 3 aliphatic heterocycles. The molecule has 0 saturated carbocycles. The monoisotopic (exact) mass is 397 g/mol. The van der Waals surface area contributed by atoms with Crippen LogP contribution in [0.2, 0.25) is 0 Å². The fourth-order valence-electron chi connectivity index (χ4n) is 3.09. The molecule has 0 bridgehead atoms. The van der Waals surface area contributed by atoms with E-state index in [1.165, 1.54) is 0 Å². The topological polar surface area (TPSA) is 91.4 Å². The van der Waals surface area contributed by atoms with Crippen molar-refractivity contribution in [3.63, 3.8) is 0 Å². The minimum absolute atomic E-state index is 0.0581. The molecule has 0 aliphatic carbocycles. The van der Waals surface area contributed by atoms with E-state index >= 15 is 0 Å². The molecule has 144 valence electrons. The van der Waals surface area contributed by atoms with E-state index in [1.807, 2.05) is 6.92 Å². The number of ether oxygens (including phenoxy) is 1. The van der Waals surface area contributed by atoms with Gasteiger partial charge in [0.2, 0.25) is 11.7 Å². The molecule has 10 heteroatoms. The fourth-order valence-corrected chi connectivity index (χ4v) is 4.51. The third kappa shape index (κ3) is 3.68. The highest BCUT2D eigenvalue weighted by Crippen LogP contribution is 2.55. The lowest BCUT2D eigenvalue weighted by Crippen LogP contribution is -2.40. The van der Waals surface area contributed by atoms with Crippen LogP contribution in [-0.4, -0.2) is 41.6 Å². The number of aryl methyl sites for hydroxylation is 1. The Morgan fingerprint density at radius 1 is 1.22 bits per heavy atom. The molecular weight excluding hydrogens is 380 g/mol. The van der Waals surface area contributed by atoms with E-state index < -0.39 is 50.2 Å². The predicted molar refractivity (Wildman–Crippen MR) is 89.2 cm³/mol. The predicted octanol–water partition coefficient (Wildman–Crippen LogP) is 2.62. The third-order valence-electron chi connectivity index (χ3n) is 4.51. The zero-order valence-corrected chi connectivity index (χ0v) is 15.3. The summed E-state index contributed by atoms with van der Waals surface area (Å²) in [7, 11) is -3.85. The van der Waals surface area contributed by atoms with Crippen LogP contribution in [0.3, 0.4) is 0 Å². The van der Waals surface area contributed by atoms with Crippen molar-refractivity contribution in [1.82, 2.24) is 4.90 Å². The van der Waals surface area contributed by atoms with Gasteiger partial charge in [0.05, 0.1) is 13.0 Å². The average molecular weight is 397 g/mol. The van der Waals surface area contributed by atoms with E-state index in [2.05, 4.69) is 0 Å². The van der Waals surface area contributed by atoms with Crippen molar-refractivity contribution < 1.29 is 36.9 Å². The number of hydrogen-bond donors (Lipinski definition) is 0. The molecule has 27 heavy (non-hydrogen) atoms. The molecular formula is C17H17FNO7P. The van der Waals surface area contributed by atoms with Crippen LogP contribution in [0, 0.1) is 6.92 Å². The van der Waals surface area contributed by atoms with E-state index in [0.717, 1.165) is 16.7 Å². The molecule has 4 atom stereocenters. The van der Waals surface area contributed by atoms with Gasteiger partial charge < -0.3 is 9.26 Å². The van der Waals surface area contributed by atoms with Crippen LogP contribution in [0.15, 0.2) is 36.3 Å². The number of phosphoric acid groups is 1. The van der Waals surface area contributed by atoms with Crippen LogP contribution in [0.25, 0.3) is 0 Å². The summed E-state index contributed by atoms with van der Waals surface area (Å²) in [6.45, 7) is 1.85. The van der Waals surface area contributed by atoms with Gasteiger partial charge in [-0.2, -0.15) is 0 Å². The smallest absolute Gasteiger partial charge is 0.404 e. The van der Waals surface area contributed by atoms with Crippen molar-refractivity contribution in [3.05, 3.63) is 41.9 Å². The summed E-state index contributed by atoms with van der Waals surface area (Å²) in [6.07, 6.45) is -1.63. The van der Waals surface area contributed by atoms with Crippen LogP contribution >= 0.6 is 7.82 Å². The van der Waals surface area contributed by atoms with Crippen LogP contribution in [0.4, 0.5) is 4.39 Å². The lowest BCUT2D eigenvalue weighted by atomic mass is 10.1. The van der Waals surface area contributed by atoms with Crippen molar-refractivity contribution in [2.75, 3.05) is 6.61 Å². The van der Waals surface area contributed by atoms with E-state index in [9.17, 15) is 18.5 Å². The molecule has 0 spiro atoms. The van der Waals surface area contributed by atoms with Gasteiger partial charge in [-0.3, -0.25) is 23.5 Å². The lowest BCUT2D eigenvalue weighted by Gasteiger charge is -2.29. The van der Waals surface area contributed by atoms with E-state index in [1.54, 1.807) is 24.3 Å². The van der Waals surface area contributed by atoms with Crippen LogP contribution < -0.4 is 4.52 Å². The molecule has 8 nitrogen and oxygen atoms in total. The number of rotatable bonds is 3. The van der Waals surface area contributed by atoms with Gasteiger partial charge in [-0.15, -0.1) is 0 Å². The van der Waals surface area contributed by atoms with E-state index in [4.69, 9.17) is 18.3 Å². The molecule has 3 aliphatic rings. The minimum atomic E-state index is -3.85. The number of ketones is 1. The molecule has 0 aromatic heterocycles. The van der Waals surface area contributed by atoms with E-state index in [-0.39, 0.29) is 13.0 Å². The van der Waals surface area contributed by atoms with Gasteiger partial charge >= 0.3 is 7.82 Å². The molecule has 1 amide bonds. The van der Waals surface area contributed by atoms with Crippen molar-refractivity contribution in [1.29, 1.82) is 0 Å². The summed E-state index contributed by atoms with van der Waals surface area (Å²) in [5.74, 6) is -2.08. The third-order valence-corrected chi connectivity index (χ3v) is 5.94. The molecule has 4 rings (SSSR count). The first-order chi connectivity index (χ1) is 12.8. The van der Waals surface area contributed by atoms with Gasteiger partial charge in [0, 0.05) is 12.6 Å². The maximum absolute atomic E-state index is 13.6. The van der Waals surface area contributed by atoms with Crippen molar-refractivity contribution >= 4 is 19.5 Å². The number of carbonyl (C=O) groups is 2. The number of nitrogens with zero attached hydrogens (tertiary/aromatic N) is 1. The first kappa shape index (κ1) is 18.3. The highest BCUT2D eigenvalue weighted by Gasteiger charge is 2.50. The van der Waals surface area contributed by atoms with Gasteiger partial charge in [0.15, 0.2) is 5.83 Å². The summed E-state index contributed by atoms with van der Waals surface area (Å²) in [5.41, 5.74) is 1.02. The Kier molecular flexibility index (Phi) is 4.63. The second kappa shape index (κ2) is 6.83. The molecule has 0 radical (unpaired) electrons. The maximum atomic E-state index is 13.6. The van der Waals surface area contributed by atoms with Crippen molar-refractivity contribution in [2.24, 2.45) is 0 Å². The number of hydrogen-bond acceptors (Lipinski definition) is 7. The number of allylic oxidation sites excluding steroid dienone is 1. The fraction of sp³-hybridized carbons (Fsp3) is 0.412. The minimum Gasteiger partial charge on any atom is -0.404 e. The number of halogens is 1. The zero-order valence-electron chi connectivity index (χ0n) is 14.4. The van der Waals surface area contributed by atoms with Crippen LogP contribution in [0.5, 0.6) is 5.75 Å². The van der Waals surface area contributed by atoms with Crippen molar-refractivity contribution in [2.45, 2.75) is 38.2 Å². The normalized spacial score (nSPS) is 33.6. The molecule has 3 heterocycles. The Bertz CT molecular complexity index is 855. The second-order valence-corrected chi connectivity index (χ2v) is 8.08. The number of benzene rings is 1. The quantitative estimate of drug-likeness (QED) is 0.572.